The van der Waals surface area contributed by atoms with Crippen molar-refractivity contribution in [3.63, 3.8) is 0 Å². The molecule has 0 aliphatic carbocycles. The lowest BCUT2D eigenvalue weighted by molar-refractivity contribution is 0.102. The van der Waals surface area contributed by atoms with Crippen molar-refractivity contribution in [3.05, 3.63) is 75.9 Å². The predicted molar refractivity (Wildman–Crippen MR) is 103 cm³/mol. The third-order valence-corrected chi connectivity index (χ3v) is 3.91. The van der Waals surface area contributed by atoms with E-state index in [1.807, 2.05) is 6.92 Å². The highest BCUT2D eigenvalue weighted by Gasteiger charge is 2.16. The minimum absolute atomic E-state index is 0.0747. The van der Waals surface area contributed by atoms with E-state index < -0.39 is 11.8 Å². The summed E-state index contributed by atoms with van der Waals surface area (Å²) >= 11 is 11.5. The average molecular weight is 402 g/mol. The molecule has 7 nitrogen and oxygen atoms in total. The van der Waals surface area contributed by atoms with Gasteiger partial charge in [0, 0.05) is 6.20 Å². The second-order valence-electron chi connectivity index (χ2n) is 5.54. The minimum atomic E-state index is -0.512. The number of pyridine rings is 1. The number of hydrogen-bond acceptors (Lipinski definition) is 5. The van der Waals surface area contributed by atoms with E-state index in [1.165, 1.54) is 18.6 Å². The minimum Gasteiger partial charge on any atom is -0.320 e. The summed E-state index contributed by atoms with van der Waals surface area (Å²) in [5, 5.41) is 5.97. The van der Waals surface area contributed by atoms with Gasteiger partial charge < -0.3 is 10.6 Å². The summed E-state index contributed by atoms with van der Waals surface area (Å²) in [5.41, 5.74) is 1.54. The van der Waals surface area contributed by atoms with Crippen molar-refractivity contribution in [2.24, 2.45) is 0 Å². The number of aryl methyl sites for hydroxylation is 1. The first-order valence-electron chi connectivity index (χ1n) is 7.75. The molecule has 0 spiro atoms. The molecule has 0 unspecified atom stereocenters. The Kier molecular flexibility index (Phi) is 5.63. The standard InChI is InChI=1S/C18H13Cl2N5O2/c1-10-2-4-13(24-18(27)14-8-22-15(20)9-21-14)12(6-10)17(26)25-16-5-3-11(19)7-23-16/h2-9H,1H3,(H,24,27)(H,23,25,26). The maximum absolute atomic E-state index is 12.7. The molecule has 0 fully saturated rings. The van der Waals surface area contributed by atoms with Gasteiger partial charge in [-0.1, -0.05) is 34.8 Å². The largest absolute Gasteiger partial charge is 0.320 e. The number of halogens is 2. The molecule has 3 aromatic rings. The normalized spacial score (nSPS) is 10.3. The zero-order valence-corrected chi connectivity index (χ0v) is 15.5. The van der Waals surface area contributed by atoms with Gasteiger partial charge in [-0.3, -0.25) is 9.59 Å². The van der Waals surface area contributed by atoms with Crippen molar-refractivity contribution in [2.75, 3.05) is 10.6 Å². The van der Waals surface area contributed by atoms with Crippen LogP contribution in [0.15, 0.2) is 48.9 Å². The molecule has 2 heterocycles. The molecule has 0 aliphatic heterocycles. The molecule has 0 aliphatic rings. The number of benzene rings is 1. The molecule has 27 heavy (non-hydrogen) atoms. The molecule has 1 aromatic carbocycles. The van der Waals surface area contributed by atoms with Gasteiger partial charge in [0.2, 0.25) is 0 Å². The Labute approximate surface area is 164 Å². The lowest BCUT2D eigenvalue weighted by atomic mass is 10.1. The Morgan fingerprint density at radius 1 is 0.889 bits per heavy atom. The van der Waals surface area contributed by atoms with Gasteiger partial charge >= 0.3 is 0 Å². The van der Waals surface area contributed by atoms with Crippen LogP contribution in [-0.4, -0.2) is 26.8 Å². The van der Waals surface area contributed by atoms with Gasteiger partial charge in [0.25, 0.3) is 11.8 Å². The monoisotopic (exact) mass is 401 g/mol. The average Bonchev–Trinajstić information content (AvgIpc) is 2.65. The Morgan fingerprint density at radius 3 is 2.37 bits per heavy atom. The van der Waals surface area contributed by atoms with E-state index in [-0.39, 0.29) is 16.4 Å². The van der Waals surface area contributed by atoms with Crippen LogP contribution >= 0.6 is 23.2 Å². The fraction of sp³-hybridized carbons (Fsp3) is 0.0556. The number of nitrogens with one attached hydrogen (secondary N) is 2. The van der Waals surface area contributed by atoms with Crippen molar-refractivity contribution in [1.29, 1.82) is 0 Å². The third-order valence-electron chi connectivity index (χ3n) is 3.49. The lowest BCUT2D eigenvalue weighted by Gasteiger charge is -2.12. The summed E-state index contributed by atoms with van der Waals surface area (Å²) in [6, 6.07) is 8.27. The molecule has 2 aromatic heterocycles. The van der Waals surface area contributed by atoms with E-state index in [4.69, 9.17) is 23.2 Å². The SMILES string of the molecule is Cc1ccc(NC(=O)c2cnc(Cl)cn2)c(C(=O)Nc2ccc(Cl)cn2)c1. The number of carbonyl (C=O) groups is 2. The first-order chi connectivity index (χ1) is 12.9. The van der Waals surface area contributed by atoms with E-state index in [0.29, 0.717) is 16.5 Å². The van der Waals surface area contributed by atoms with Crippen LogP contribution in [0.2, 0.25) is 10.2 Å². The number of anilines is 2. The van der Waals surface area contributed by atoms with Gasteiger partial charge in [0.1, 0.15) is 16.7 Å². The van der Waals surface area contributed by atoms with Crippen LogP contribution in [0.25, 0.3) is 0 Å². The molecule has 3 rings (SSSR count). The van der Waals surface area contributed by atoms with Crippen molar-refractivity contribution in [1.82, 2.24) is 15.0 Å². The quantitative estimate of drug-likeness (QED) is 0.688. The van der Waals surface area contributed by atoms with E-state index in [1.54, 1.807) is 30.3 Å². The lowest BCUT2D eigenvalue weighted by Crippen LogP contribution is -2.19. The fourth-order valence-corrected chi connectivity index (χ4v) is 2.41. The van der Waals surface area contributed by atoms with E-state index in [9.17, 15) is 9.59 Å². The molecular formula is C18H13Cl2N5O2. The maximum atomic E-state index is 12.7. The number of rotatable bonds is 4. The van der Waals surface area contributed by atoms with Crippen LogP contribution in [0.5, 0.6) is 0 Å². The molecule has 0 saturated heterocycles. The first kappa shape index (κ1) is 18.8. The van der Waals surface area contributed by atoms with Crippen molar-refractivity contribution >= 4 is 46.5 Å². The Balaban J connectivity index is 1.83. The summed E-state index contributed by atoms with van der Waals surface area (Å²) < 4.78 is 0. The number of amides is 2. The van der Waals surface area contributed by atoms with Crippen LogP contribution < -0.4 is 10.6 Å². The van der Waals surface area contributed by atoms with Crippen LogP contribution in [0.3, 0.4) is 0 Å². The number of carbonyl (C=O) groups excluding carboxylic acids is 2. The fourth-order valence-electron chi connectivity index (χ4n) is 2.20. The van der Waals surface area contributed by atoms with Crippen molar-refractivity contribution < 1.29 is 9.59 Å². The van der Waals surface area contributed by atoms with Gasteiger partial charge in [-0.25, -0.2) is 15.0 Å². The molecule has 0 radical (unpaired) electrons. The number of hydrogen-bond donors (Lipinski definition) is 2. The highest BCUT2D eigenvalue weighted by Crippen LogP contribution is 2.20. The van der Waals surface area contributed by atoms with Gasteiger partial charge in [-0.2, -0.15) is 0 Å². The number of aromatic nitrogens is 3. The van der Waals surface area contributed by atoms with E-state index in [0.717, 1.165) is 5.56 Å². The molecular weight excluding hydrogens is 389 g/mol. The van der Waals surface area contributed by atoms with Crippen LogP contribution in [0.4, 0.5) is 11.5 Å². The van der Waals surface area contributed by atoms with Crippen LogP contribution in [0.1, 0.15) is 26.4 Å². The maximum Gasteiger partial charge on any atom is 0.275 e. The van der Waals surface area contributed by atoms with Gasteiger partial charge in [0.15, 0.2) is 0 Å². The van der Waals surface area contributed by atoms with Gasteiger partial charge in [-0.15, -0.1) is 0 Å². The smallest absolute Gasteiger partial charge is 0.275 e. The van der Waals surface area contributed by atoms with E-state index in [2.05, 4.69) is 25.6 Å². The van der Waals surface area contributed by atoms with Gasteiger partial charge in [0.05, 0.1) is 28.7 Å². The Hall–Kier alpha value is -3.03. The second-order valence-corrected chi connectivity index (χ2v) is 6.37. The topological polar surface area (TPSA) is 96.9 Å². The molecule has 136 valence electrons. The summed E-state index contributed by atoms with van der Waals surface area (Å²) in [5.74, 6) is -0.598. The Bertz CT molecular complexity index is 992. The first-order valence-corrected chi connectivity index (χ1v) is 8.50. The van der Waals surface area contributed by atoms with E-state index >= 15 is 0 Å². The highest BCUT2D eigenvalue weighted by atomic mass is 35.5. The summed E-state index contributed by atoms with van der Waals surface area (Å²) in [4.78, 5) is 36.8. The number of nitrogens with zero attached hydrogens (tertiary/aromatic N) is 3. The zero-order chi connectivity index (χ0) is 19.4. The summed E-state index contributed by atoms with van der Waals surface area (Å²) in [7, 11) is 0. The molecule has 2 amide bonds. The molecule has 0 saturated carbocycles. The molecule has 0 atom stereocenters. The molecule has 9 heteroatoms. The Morgan fingerprint density at radius 2 is 1.70 bits per heavy atom. The van der Waals surface area contributed by atoms with Crippen molar-refractivity contribution in [3.8, 4) is 0 Å². The predicted octanol–water partition coefficient (Wildman–Crippen LogP) is 3.99. The summed E-state index contributed by atoms with van der Waals surface area (Å²) in [6.07, 6.45) is 3.95. The highest BCUT2D eigenvalue weighted by molar-refractivity contribution is 6.30. The molecule has 0 bridgehead atoms. The zero-order valence-electron chi connectivity index (χ0n) is 14.0. The summed E-state index contributed by atoms with van der Waals surface area (Å²) in [6.45, 7) is 1.84. The van der Waals surface area contributed by atoms with Gasteiger partial charge in [-0.05, 0) is 31.2 Å². The van der Waals surface area contributed by atoms with Crippen LogP contribution in [0, 0.1) is 6.92 Å². The van der Waals surface area contributed by atoms with Crippen LogP contribution in [-0.2, 0) is 0 Å². The third kappa shape index (κ3) is 4.78. The second kappa shape index (κ2) is 8.11. The van der Waals surface area contributed by atoms with Crippen molar-refractivity contribution in [2.45, 2.75) is 6.92 Å². The molecule has 2 N–H and O–H groups in total.